The second-order valence-electron chi connectivity index (χ2n) is 5.21. The van der Waals surface area contributed by atoms with Gasteiger partial charge in [0.15, 0.2) is 0 Å². The highest BCUT2D eigenvalue weighted by atomic mass is 79.9. The van der Waals surface area contributed by atoms with Gasteiger partial charge in [0.25, 0.3) is 0 Å². The Labute approximate surface area is 140 Å². The maximum Gasteiger partial charge on any atom is 0.0295 e. The van der Waals surface area contributed by atoms with E-state index in [0.29, 0.717) is 0 Å². The second-order valence-corrected chi connectivity index (χ2v) is 6.62. The van der Waals surface area contributed by atoms with E-state index in [2.05, 4.69) is 92.5 Å². The summed E-state index contributed by atoms with van der Waals surface area (Å²) in [5.74, 6) is 0. The molecule has 102 valence electrons. The highest BCUT2D eigenvalue weighted by Gasteiger charge is 2.09. The van der Waals surface area contributed by atoms with Gasteiger partial charge in [-0.1, -0.05) is 80.4 Å². The molecule has 0 unspecified atom stereocenters. The number of halogens is 2. The van der Waals surface area contributed by atoms with E-state index >= 15 is 0 Å². The molecule has 0 N–H and O–H groups in total. The van der Waals surface area contributed by atoms with Crippen LogP contribution < -0.4 is 0 Å². The average molecular weight is 400 g/mol. The Hall–Kier alpha value is -1.38. The molecule has 0 aliphatic heterocycles. The molecule has 0 fully saturated rings. The van der Waals surface area contributed by atoms with Gasteiger partial charge >= 0.3 is 0 Å². The zero-order valence-electron chi connectivity index (χ0n) is 11.2. The zero-order valence-corrected chi connectivity index (χ0v) is 14.4. The number of benzene rings is 4. The minimum Gasteiger partial charge on any atom is -0.0876 e. The van der Waals surface area contributed by atoms with Crippen molar-refractivity contribution in [2.24, 2.45) is 0 Å². The summed E-state index contributed by atoms with van der Waals surface area (Å²) in [5.41, 5.74) is 1.37. The molecular weight excluding hydrogens is 388 g/mol. The standard InChI is InChI=1S/C19H12Br2/c20-11-18-13-5-2-1-4-12(13)10-17-14-6-3-7-19(21)16(14)9-8-15(17)18/h1-10H,11H2. The first-order chi connectivity index (χ1) is 10.3. The fourth-order valence-corrected chi connectivity index (χ4v) is 4.21. The predicted molar refractivity (Wildman–Crippen MR) is 99.3 cm³/mol. The van der Waals surface area contributed by atoms with Crippen LogP contribution >= 0.6 is 31.9 Å². The lowest BCUT2D eigenvalue weighted by Crippen LogP contribution is -1.87. The van der Waals surface area contributed by atoms with Crippen LogP contribution in [0, 0.1) is 0 Å². The van der Waals surface area contributed by atoms with Crippen molar-refractivity contribution in [2.75, 3.05) is 0 Å². The van der Waals surface area contributed by atoms with E-state index in [1.165, 1.54) is 37.9 Å². The van der Waals surface area contributed by atoms with Crippen LogP contribution in [0.5, 0.6) is 0 Å². The molecule has 2 heteroatoms. The van der Waals surface area contributed by atoms with E-state index in [1.807, 2.05) is 0 Å². The van der Waals surface area contributed by atoms with Gasteiger partial charge in [0, 0.05) is 9.80 Å². The fourth-order valence-electron chi connectivity index (χ4n) is 3.10. The van der Waals surface area contributed by atoms with E-state index < -0.39 is 0 Å². The summed E-state index contributed by atoms with van der Waals surface area (Å²) >= 11 is 7.33. The number of fused-ring (bicyclic) bond motifs is 4. The van der Waals surface area contributed by atoms with E-state index in [-0.39, 0.29) is 0 Å². The minimum atomic E-state index is 0.865. The summed E-state index contributed by atoms with van der Waals surface area (Å²) in [6.07, 6.45) is 0. The Bertz CT molecular complexity index is 987. The molecule has 0 aliphatic rings. The Morgan fingerprint density at radius 2 is 1.43 bits per heavy atom. The largest absolute Gasteiger partial charge is 0.0876 e. The average Bonchev–Trinajstić information content (AvgIpc) is 2.53. The van der Waals surface area contributed by atoms with Crippen molar-refractivity contribution in [1.82, 2.24) is 0 Å². The van der Waals surface area contributed by atoms with Gasteiger partial charge in [-0.15, -0.1) is 0 Å². The van der Waals surface area contributed by atoms with Gasteiger partial charge in [0.2, 0.25) is 0 Å². The third-order valence-corrected chi connectivity index (χ3v) is 5.35. The molecule has 0 bridgehead atoms. The van der Waals surface area contributed by atoms with Crippen molar-refractivity contribution in [2.45, 2.75) is 5.33 Å². The van der Waals surface area contributed by atoms with Crippen LogP contribution in [-0.2, 0) is 5.33 Å². The maximum absolute atomic E-state index is 3.67. The molecule has 0 spiro atoms. The van der Waals surface area contributed by atoms with Crippen LogP contribution in [0.25, 0.3) is 32.3 Å². The van der Waals surface area contributed by atoms with Crippen LogP contribution in [0.2, 0.25) is 0 Å². The van der Waals surface area contributed by atoms with Crippen LogP contribution in [0.15, 0.2) is 65.1 Å². The molecule has 0 aromatic heterocycles. The molecular formula is C19H12Br2. The van der Waals surface area contributed by atoms with Crippen LogP contribution in [0.1, 0.15) is 5.56 Å². The molecule has 0 radical (unpaired) electrons. The number of rotatable bonds is 1. The summed E-state index contributed by atoms with van der Waals surface area (Å²) in [6.45, 7) is 0. The molecule has 0 atom stereocenters. The van der Waals surface area contributed by atoms with Crippen molar-refractivity contribution in [3.05, 3.63) is 70.7 Å². The molecule has 0 nitrogen and oxygen atoms in total. The topological polar surface area (TPSA) is 0 Å². The summed E-state index contributed by atoms with van der Waals surface area (Å²) in [5, 5.41) is 8.71. The molecule has 0 amide bonds. The maximum atomic E-state index is 3.67. The Balaban J connectivity index is 2.30. The number of hydrogen-bond donors (Lipinski definition) is 0. The summed E-state index contributed by atoms with van der Waals surface area (Å²) in [6, 6.07) is 21.8. The molecule has 21 heavy (non-hydrogen) atoms. The lowest BCUT2D eigenvalue weighted by atomic mass is 9.94. The SMILES string of the molecule is BrCc1c2ccccc2cc2c1ccc1c(Br)cccc12. The van der Waals surface area contributed by atoms with Gasteiger partial charge in [-0.25, -0.2) is 0 Å². The van der Waals surface area contributed by atoms with E-state index in [9.17, 15) is 0 Å². The fraction of sp³-hybridized carbons (Fsp3) is 0.0526. The quantitative estimate of drug-likeness (QED) is 0.187. The van der Waals surface area contributed by atoms with E-state index in [4.69, 9.17) is 0 Å². The van der Waals surface area contributed by atoms with E-state index in [1.54, 1.807) is 0 Å². The minimum absolute atomic E-state index is 0.865. The molecule has 0 saturated heterocycles. The molecule has 0 heterocycles. The monoisotopic (exact) mass is 398 g/mol. The van der Waals surface area contributed by atoms with Gasteiger partial charge in [0.05, 0.1) is 0 Å². The normalized spacial score (nSPS) is 11.5. The Morgan fingerprint density at radius 3 is 2.29 bits per heavy atom. The van der Waals surface area contributed by atoms with Gasteiger partial charge in [0.1, 0.15) is 0 Å². The van der Waals surface area contributed by atoms with Gasteiger partial charge in [-0.05, 0) is 50.0 Å². The van der Waals surface area contributed by atoms with Crippen molar-refractivity contribution in [3.63, 3.8) is 0 Å². The molecule has 0 aliphatic carbocycles. The highest BCUT2D eigenvalue weighted by molar-refractivity contribution is 9.10. The van der Waals surface area contributed by atoms with E-state index in [0.717, 1.165) is 9.80 Å². The summed E-state index contributed by atoms with van der Waals surface area (Å²) < 4.78 is 1.15. The van der Waals surface area contributed by atoms with Gasteiger partial charge in [-0.2, -0.15) is 0 Å². The predicted octanol–water partition coefficient (Wildman–Crippen LogP) is 6.80. The summed E-state index contributed by atoms with van der Waals surface area (Å²) in [4.78, 5) is 0. The van der Waals surface area contributed by atoms with Gasteiger partial charge < -0.3 is 0 Å². The highest BCUT2D eigenvalue weighted by Crippen LogP contribution is 2.36. The van der Waals surface area contributed by atoms with Crippen LogP contribution in [-0.4, -0.2) is 0 Å². The van der Waals surface area contributed by atoms with Crippen LogP contribution in [0.3, 0.4) is 0 Å². The summed E-state index contributed by atoms with van der Waals surface area (Å²) in [7, 11) is 0. The van der Waals surface area contributed by atoms with Crippen LogP contribution in [0.4, 0.5) is 0 Å². The Morgan fingerprint density at radius 1 is 0.667 bits per heavy atom. The third kappa shape index (κ3) is 2.01. The zero-order chi connectivity index (χ0) is 14.4. The van der Waals surface area contributed by atoms with Crippen molar-refractivity contribution >= 4 is 64.2 Å². The number of hydrogen-bond acceptors (Lipinski definition) is 0. The third-order valence-electron chi connectivity index (χ3n) is 4.09. The van der Waals surface area contributed by atoms with Crippen molar-refractivity contribution in [1.29, 1.82) is 0 Å². The van der Waals surface area contributed by atoms with Gasteiger partial charge in [-0.3, -0.25) is 0 Å². The van der Waals surface area contributed by atoms with Crippen molar-refractivity contribution < 1.29 is 0 Å². The first-order valence-corrected chi connectivity index (χ1v) is 8.78. The Kier molecular flexibility index (Phi) is 3.24. The molecule has 4 aromatic carbocycles. The lowest BCUT2D eigenvalue weighted by Gasteiger charge is -2.12. The molecule has 4 rings (SSSR count). The first-order valence-electron chi connectivity index (χ1n) is 6.87. The van der Waals surface area contributed by atoms with Crippen molar-refractivity contribution in [3.8, 4) is 0 Å². The smallest absolute Gasteiger partial charge is 0.0295 e. The molecule has 0 saturated carbocycles. The molecule has 4 aromatic rings. The lowest BCUT2D eigenvalue weighted by molar-refractivity contribution is 1.54. The number of alkyl halides is 1. The first kappa shape index (κ1) is 13.3. The second kappa shape index (κ2) is 5.11.